The molecule has 0 fully saturated rings. The molecule has 0 amide bonds. The van der Waals surface area contributed by atoms with Crippen LogP contribution >= 0.6 is 0 Å². The molecule has 1 aromatic rings. The van der Waals surface area contributed by atoms with Crippen LogP contribution in [0.1, 0.15) is 0 Å². The summed E-state index contributed by atoms with van der Waals surface area (Å²) >= 11 is 0. The van der Waals surface area contributed by atoms with Crippen molar-refractivity contribution in [3.63, 3.8) is 0 Å². The summed E-state index contributed by atoms with van der Waals surface area (Å²) in [5, 5.41) is 0. The van der Waals surface area contributed by atoms with Crippen LogP contribution in [0.5, 0.6) is 0 Å². The Morgan fingerprint density at radius 1 is 0.778 bits per heavy atom. The largest absolute Gasteiger partial charge is 2.00 e. The van der Waals surface area contributed by atoms with Crippen LogP contribution in [0, 0.1) is 0 Å². The van der Waals surface area contributed by atoms with Crippen molar-refractivity contribution in [3.05, 3.63) is 30.6 Å². The number of nitrogens with zero attached hydrogens (tertiary/aromatic N) is 1. The topological polar surface area (TPSA) is 12.9 Å². The van der Waals surface area contributed by atoms with E-state index in [9.17, 15) is 0 Å². The van der Waals surface area contributed by atoms with Gasteiger partial charge in [0.2, 0.25) is 0 Å². The Hall–Kier alpha value is 0.249. The first-order valence-corrected chi connectivity index (χ1v) is 1.85. The maximum absolute atomic E-state index is 3.78. The summed E-state index contributed by atoms with van der Waals surface area (Å²) in [4.78, 5) is 3.78. The predicted octanol–water partition coefficient (Wildman–Crippen LogP) is -4.91. The summed E-state index contributed by atoms with van der Waals surface area (Å²) in [6, 6.07) is 5.72. The van der Waals surface area contributed by atoms with Crippen LogP contribution in [0.3, 0.4) is 0 Å². The summed E-state index contributed by atoms with van der Waals surface area (Å²) in [6.45, 7) is 0. The first kappa shape index (κ1) is 16.1. The number of hydrogen-bond acceptors (Lipinski definition) is 1. The monoisotopic (exact) mass is 204 g/mol. The molecule has 1 nitrogen and oxygen atoms in total. The van der Waals surface area contributed by atoms with E-state index < -0.39 is 0 Å². The van der Waals surface area contributed by atoms with Gasteiger partial charge in [-0.2, -0.15) is 0 Å². The maximum Gasteiger partial charge on any atom is 2.00 e. The molecule has 0 unspecified atom stereocenters. The van der Waals surface area contributed by atoms with E-state index in [1.165, 1.54) is 0 Å². The van der Waals surface area contributed by atoms with Crippen molar-refractivity contribution in [3.8, 4) is 0 Å². The average molecular weight is 205 g/mol. The minimum absolute atomic E-state index is 0. The first-order valence-electron chi connectivity index (χ1n) is 1.85. The van der Waals surface area contributed by atoms with Gasteiger partial charge in [0.1, 0.15) is 0 Å². The Labute approximate surface area is 77.6 Å². The van der Waals surface area contributed by atoms with E-state index in [0.717, 1.165) is 0 Å². The van der Waals surface area contributed by atoms with Crippen LogP contribution < -0.4 is 24.8 Å². The summed E-state index contributed by atoms with van der Waals surface area (Å²) < 4.78 is 0. The molecule has 9 heavy (non-hydrogen) atoms. The van der Waals surface area contributed by atoms with Crippen LogP contribution in [0.25, 0.3) is 0 Å². The predicted molar refractivity (Wildman–Crippen MR) is 24.2 cm³/mol. The van der Waals surface area contributed by atoms with Gasteiger partial charge in [0, 0.05) is 12.4 Å². The van der Waals surface area contributed by atoms with E-state index >= 15 is 0 Å². The SMILES string of the molecule is [Cl-].[Cl-].[Mn+2].c1ccncc1. The van der Waals surface area contributed by atoms with Gasteiger partial charge in [-0.25, -0.2) is 0 Å². The second-order valence-corrected chi connectivity index (χ2v) is 1.02. The molecule has 0 saturated heterocycles. The molecule has 0 atom stereocenters. The number of hydrogen-bond donors (Lipinski definition) is 0. The van der Waals surface area contributed by atoms with Gasteiger partial charge in [-0.1, -0.05) is 6.07 Å². The molecule has 1 rings (SSSR count). The Balaban J connectivity index is -0.000000120. The summed E-state index contributed by atoms with van der Waals surface area (Å²) in [5.41, 5.74) is 0. The Morgan fingerprint density at radius 3 is 1.33 bits per heavy atom. The van der Waals surface area contributed by atoms with Gasteiger partial charge >= 0.3 is 17.1 Å². The molecule has 0 aliphatic rings. The molecule has 0 aromatic carbocycles. The summed E-state index contributed by atoms with van der Waals surface area (Å²) in [5.74, 6) is 0. The third-order valence-electron chi connectivity index (χ3n) is 0.566. The minimum atomic E-state index is 0. The van der Waals surface area contributed by atoms with Crippen molar-refractivity contribution in [2.45, 2.75) is 0 Å². The fourth-order valence-corrected chi connectivity index (χ4v) is 0.313. The fraction of sp³-hybridized carbons (Fsp3) is 0. The van der Waals surface area contributed by atoms with E-state index in [0.29, 0.717) is 0 Å². The third kappa shape index (κ3) is 8.25. The van der Waals surface area contributed by atoms with Crippen molar-refractivity contribution < 1.29 is 41.9 Å². The van der Waals surface area contributed by atoms with Gasteiger partial charge in [-0.05, 0) is 12.1 Å². The molecular weight excluding hydrogens is 200 g/mol. The maximum atomic E-state index is 3.78. The Kier molecular flexibility index (Phi) is 19.9. The standard InChI is InChI=1S/C5H5N.2ClH.Mn/c1-2-4-6-5-3-1;;;/h1-5H;2*1H;/q;;;+2/p-2. The molecule has 0 saturated carbocycles. The molecule has 0 N–H and O–H groups in total. The smallest absolute Gasteiger partial charge is 1.00 e. The van der Waals surface area contributed by atoms with Crippen molar-refractivity contribution >= 4 is 0 Å². The van der Waals surface area contributed by atoms with E-state index in [1.54, 1.807) is 12.4 Å². The van der Waals surface area contributed by atoms with Gasteiger partial charge < -0.3 is 24.8 Å². The Morgan fingerprint density at radius 2 is 1.22 bits per heavy atom. The minimum Gasteiger partial charge on any atom is -1.00 e. The number of halogens is 2. The van der Waals surface area contributed by atoms with Crippen LogP contribution in [-0.2, 0) is 17.1 Å². The molecule has 1 radical (unpaired) electrons. The van der Waals surface area contributed by atoms with Gasteiger partial charge in [-0.15, -0.1) is 0 Å². The Bertz CT molecular complexity index is 86.9. The van der Waals surface area contributed by atoms with Crippen molar-refractivity contribution in [1.29, 1.82) is 0 Å². The molecule has 0 aliphatic heterocycles. The van der Waals surface area contributed by atoms with E-state index in [1.807, 2.05) is 18.2 Å². The van der Waals surface area contributed by atoms with Crippen LogP contribution in [-0.4, -0.2) is 4.98 Å². The molecule has 0 aliphatic carbocycles. The van der Waals surface area contributed by atoms with Gasteiger partial charge in [-0.3, -0.25) is 4.98 Å². The van der Waals surface area contributed by atoms with E-state index in [4.69, 9.17) is 0 Å². The molecule has 4 heteroatoms. The zero-order chi connectivity index (χ0) is 4.24. The van der Waals surface area contributed by atoms with Crippen molar-refractivity contribution in [1.82, 2.24) is 4.98 Å². The molecule has 1 aromatic heterocycles. The normalized spacial score (nSPS) is 5.33. The molecule has 51 valence electrons. The van der Waals surface area contributed by atoms with Gasteiger partial charge in [0.05, 0.1) is 0 Å². The van der Waals surface area contributed by atoms with Crippen LogP contribution in [0.4, 0.5) is 0 Å². The zero-order valence-corrected chi connectivity index (χ0v) is 7.16. The van der Waals surface area contributed by atoms with Gasteiger partial charge in [0.15, 0.2) is 0 Å². The average Bonchev–Trinajstić information content (AvgIpc) is 1.72. The fourth-order valence-electron chi connectivity index (χ4n) is 0.313. The number of aromatic nitrogens is 1. The first-order chi connectivity index (χ1) is 3.00. The quantitative estimate of drug-likeness (QED) is 0.387. The molecular formula is C5H5Cl2MnN. The van der Waals surface area contributed by atoms with Crippen LogP contribution in [0.2, 0.25) is 0 Å². The van der Waals surface area contributed by atoms with E-state index in [-0.39, 0.29) is 41.9 Å². The molecule has 0 spiro atoms. The summed E-state index contributed by atoms with van der Waals surface area (Å²) in [6.07, 6.45) is 3.50. The summed E-state index contributed by atoms with van der Waals surface area (Å²) in [7, 11) is 0. The third-order valence-corrected chi connectivity index (χ3v) is 0.566. The zero-order valence-electron chi connectivity index (χ0n) is 4.47. The van der Waals surface area contributed by atoms with Gasteiger partial charge in [0.25, 0.3) is 0 Å². The van der Waals surface area contributed by atoms with E-state index in [2.05, 4.69) is 4.98 Å². The second kappa shape index (κ2) is 11.1. The second-order valence-electron chi connectivity index (χ2n) is 1.02. The number of rotatable bonds is 0. The number of pyridine rings is 1. The van der Waals surface area contributed by atoms with Crippen molar-refractivity contribution in [2.75, 3.05) is 0 Å². The van der Waals surface area contributed by atoms with Crippen molar-refractivity contribution in [2.24, 2.45) is 0 Å². The van der Waals surface area contributed by atoms with Crippen LogP contribution in [0.15, 0.2) is 30.6 Å². The molecule has 0 bridgehead atoms. The molecule has 1 heterocycles.